The van der Waals surface area contributed by atoms with Gasteiger partial charge in [0, 0.05) is 25.2 Å². The summed E-state index contributed by atoms with van der Waals surface area (Å²) in [6.07, 6.45) is 0. The predicted octanol–water partition coefficient (Wildman–Crippen LogP) is 1.03. The maximum atomic E-state index is 2.57. The van der Waals surface area contributed by atoms with E-state index in [-0.39, 0.29) is 0 Å². The maximum absolute atomic E-state index is 2.57. The van der Waals surface area contributed by atoms with E-state index in [9.17, 15) is 0 Å². The quantitative estimate of drug-likeness (QED) is 0.559. The molecule has 1 saturated heterocycles. The number of hydrogen-bond donors (Lipinski definition) is 0. The zero-order valence-corrected chi connectivity index (χ0v) is 8.17. The van der Waals surface area contributed by atoms with Crippen LogP contribution in [0.4, 0.5) is 0 Å². The Kier molecular flexibility index (Phi) is 2.90. The van der Waals surface area contributed by atoms with Gasteiger partial charge in [-0.2, -0.15) is 0 Å². The zero-order chi connectivity index (χ0) is 8.43. The fourth-order valence-corrected chi connectivity index (χ4v) is 2.24. The van der Waals surface area contributed by atoms with E-state index in [1.807, 2.05) is 0 Å². The minimum Gasteiger partial charge on any atom is -0.303 e. The summed E-state index contributed by atoms with van der Waals surface area (Å²) in [6.45, 7) is 10.5. The summed E-state index contributed by atoms with van der Waals surface area (Å²) < 4.78 is 0. The van der Waals surface area contributed by atoms with E-state index in [2.05, 4.69) is 37.6 Å². The number of rotatable bonds is 1. The molecule has 2 heteroatoms. The van der Waals surface area contributed by atoms with Gasteiger partial charge < -0.3 is 4.90 Å². The summed E-state index contributed by atoms with van der Waals surface area (Å²) in [5.41, 5.74) is 0. The van der Waals surface area contributed by atoms with E-state index >= 15 is 0 Å². The van der Waals surface area contributed by atoms with Gasteiger partial charge in [0.05, 0.1) is 0 Å². The number of nitrogens with zero attached hydrogens (tertiary/aromatic N) is 2. The molecule has 0 aromatic carbocycles. The van der Waals surface area contributed by atoms with E-state index in [1.165, 1.54) is 19.6 Å². The molecule has 11 heavy (non-hydrogen) atoms. The average Bonchev–Trinajstić information content (AvgIpc) is 1.85. The third kappa shape index (κ3) is 1.94. The average molecular weight is 156 g/mol. The summed E-state index contributed by atoms with van der Waals surface area (Å²) >= 11 is 0. The molecule has 0 aliphatic carbocycles. The molecule has 2 nitrogen and oxygen atoms in total. The van der Waals surface area contributed by atoms with Gasteiger partial charge in [0.2, 0.25) is 0 Å². The highest BCUT2D eigenvalue weighted by molar-refractivity contribution is 4.82. The molecular weight excluding hydrogens is 136 g/mol. The molecule has 0 spiro atoms. The second-order valence-electron chi connectivity index (χ2n) is 3.75. The van der Waals surface area contributed by atoms with Crippen molar-refractivity contribution in [3.05, 3.63) is 0 Å². The first-order valence-electron chi connectivity index (χ1n) is 4.59. The van der Waals surface area contributed by atoms with Crippen LogP contribution >= 0.6 is 0 Å². The van der Waals surface area contributed by atoms with Gasteiger partial charge >= 0.3 is 0 Å². The Labute approximate surface area is 70.2 Å². The van der Waals surface area contributed by atoms with Gasteiger partial charge in [0.15, 0.2) is 0 Å². The molecule has 0 N–H and O–H groups in total. The third-order valence-electron chi connectivity index (χ3n) is 2.65. The van der Waals surface area contributed by atoms with Crippen molar-refractivity contribution in [3.8, 4) is 0 Å². The summed E-state index contributed by atoms with van der Waals surface area (Å²) in [5, 5.41) is 0. The van der Waals surface area contributed by atoms with Crippen molar-refractivity contribution in [1.29, 1.82) is 0 Å². The highest BCUT2D eigenvalue weighted by atomic mass is 15.3. The molecule has 1 aliphatic rings. The minimum atomic E-state index is 0.730. The molecule has 0 aromatic heterocycles. The molecule has 0 amide bonds. The van der Waals surface area contributed by atoms with Crippen LogP contribution in [0.3, 0.4) is 0 Å². The van der Waals surface area contributed by atoms with Crippen LogP contribution in [0.2, 0.25) is 0 Å². The summed E-state index contributed by atoms with van der Waals surface area (Å²) in [6, 6.07) is 1.46. The molecule has 1 fully saturated rings. The van der Waals surface area contributed by atoms with Crippen molar-refractivity contribution >= 4 is 0 Å². The molecule has 66 valence electrons. The van der Waals surface area contributed by atoms with Gasteiger partial charge in [-0.1, -0.05) is 6.92 Å². The standard InChI is InChI=1S/C9H20N2/c1-5-11-8(2)6-10(4)7-9(11)3/h8-9H,5-7H2,1-4H3/t8-,9-/m0/s1. The van der Waals surface area contributed by atoms with Crippen LogP contribution in [0.15, 0.2) is 0 Å². The van der Waals surface area contributed by atoms with Gasteiger partial charge in [0.1, 0.15) is 0 Å². The van der Waals surface area contributed by atoms with E-state index in [4.69, 9.17) is 0 Å². The number of likely N-dealkylation sites (N-methyl/N-ethyl adjacent to an activating group) is 2. The van der Waals surface area contributed by atoms with Gasteiger partial charge in [0.25, 0.3) is 0 Å². The monoisotopic (exact) mass is 156 g/mol. The van der Waals surface area contributed by atoms with Gasteiger partial charge in [-0.3, -0.25) is 4.90 Å². The first kappa shape index (κ1) is 9.01. The van der Waals surface area contributed by atoms with Gasteiger partial charge in [-0.25, -0.2) is 0 Å². The van der Waals surface area contributed by atoms with Crippen LogP contribution in [0.5, 0.6) is 0 Å². The topological polar surface area (TPSA) is 6.48 Å². The third-order valence-corrected chi connectivity index (χ3v) is 2.65. The van der Waals surface area contributed by atoms with Crippen molar-refractivity contribution in [2.45, 2.75) is 32.9 Å². The lowest BCUT2D eigenvalue weighted by Gasteiger charge is -2.42. The van der Waals surface area contributed by atoms with E-state index < -0.39 is 0 Å². The molecule has 0 aromatic rings. The Balaban J connectivity index is 2.52. The lowest BCUT2D eigenvalue weighted by atomic mass is 10.1. The SMILES string of the molecule is CCN1[C@@H](C)CN(C)C[C@@H]1C. The Hall–Kier alpha value is -0.0800. The molecule has 0 radical (unpaired) electrons. The van der Waals surface area contributed by atoms with Crippen LogP contribution in [0.25, 0.3) is 0 Å². The lowest BCUT2D eigenvalue weighted by molar-refractivity contribution is 0.0573. The largest absolute Gasteiger partial charge is 0.303 e. The Morgan fingerprint density at radius 3 is 2.00 bits per heavy atom. The van der Waals surface area contributed by atoms with Gasteiger partial charge in [-0.05, 0) is 27.4 Å². The molecule has 1 aliphatic heterocycles. The summed E-state index contributed by atoms with van der Waals surface area (Å²) in [7, 11) is 2.21. The Morgan fingerprint density at radius 1 is 1.18 bits per heavy atom. The zero-order valence-electron chi connectivity index (χ0n) is 8.17. The van der Waals surface area contributed by atoms with Crippen LogP contribution in [-0.2, 0) is 0 Å². The van der Waals surface area contributed by atoms with Crippen molar-refractivity contribution in [2.24, 2.45) is 0 Å². The smallest absolute Gasteiger partial charge is 0.0198 e. The van der Waals surface area contributed by atoms with Crippen LogP contribution in [-0.4, -0.2) is 48.6 Å². The lowest BCUT2D eigenvalue weighted by Crippen LogP contribution is -2.55. The molecule has 0 unspecified atom stereocenters. The molecule has 1 rings (SSSR count). The van der Waals surface area contributed by atoms with Crippen molar-refractivity contribution < 1.29 is 0 Å². The fourth-order valence-electron chi connectivity index (χ4n) is 2.24. The van der Waals surface area contributed by atoms with Crippen LogP contribution < -0.4 is 0 Å². The van der Waals surface area contributed by atoms with Crippen LogP contribution in [0, 0.1) is 0 Å². The second kappa shape index (κ2) is 3.55. The normalized spacial score (nSPS) is 36.0. The highest BCUT2D eigenvalue weighted by Gasteiger charge is 2.25. The molecule has 1 heterocycles. The molecule has 0 bridgehead atoms. The van der Waals surface area contributed by atoms with Gasteiger partial charge in [-0.15, -0.1) is 0 Å². The number of piperazine rings is 1. The second-order valence-corrected chi connectivity index (χ2v) is 3.75. The first-order chi connectivity index (χ1) is 5.15. The Bertz CT molecular complexity index is 113. The molecule has 2 atom stereocenters. The summed E-state index contributed by atoms with van der Waals surface area (Å²) in [4.78, 5) is 4.99. The summed E-state index contributed by atoms with van der Waals surface area (Å²) in [5.74, 6) is 0. The fraction of sp³-hybridized carbons (Fsp3) is 1.00. The number of hydrogen-bond acceptors (Lipinski definition) is 2. The van der Waals surface area contributed by atoms with E-state index in [1.54, 1.807) is 0 Å². The molecule has 0 saturated carbocycles. The maximum Gasteiger partial charge on any atom is 0.0198 e. The minimum absolute atomic E-state index is 0.730. The Morgan fingerprint density at radius 2 is 1.64 bits per heavy atom. The predicted molar refractivity (Wildman–Crippen MR) is 48.8 cm³/mol. The van der Waals surface area contributed by atoms with Crippen molar-refractivity contribution in [1.82, 2.24) is 9.80 Å². The van der Waals surface area contributed by atoms with Crippen LogP contribution in [0.1, 0.15) is 20.8 Å². The van der Waals surface area contributed by atoms with Crippen molar-refractivity contribution in [3.63, 3.8) is 0 Å². The molecular formula is C9H20N2. The van der Waals surface area contributed by atoms with E-state index in [0.29, 0.717) is 0 Å². The van der Waals surface area contributed by atoms with Crippen molar-refractivity contribution in [2.75, 3.05) is 26.7 Å². The highest BCUT2D eigenvalue weighted by Crippen LogP contribution is 2.12. The van der Waals surface area contributed by atoms with E-state index in [0.717, 1.165) is 12.1 Å². The first-order valence-corrected chi connectivity index (χ1v) is 4.59.